The first-order chi connectivity index (χ1) is 2.00. The van der Waals surface area contributed by atoms with Crippen molar-refractivity contribution in [1.82, 2.24) is 0 Å². The molecule has 0 atom stereocenters. The van der Waals surface area contributed by atoms with Crippen molar-refractivity contribution in [3.63, 3.8) is 0 Å². The highest BCUT2D eigenvalue weighted by atomic mass is 28.2. The molecule has 0 rings (SSSR count). The summed E-state index contributed by atoms with van der Waals surface area (Å²) in [5.41, 5.74) is 0. The Bertz CT molecular complexity index is 23.1. The summed E-state index contributed by atoms with van der Waals surface area (Å²) in [6, 6.07) is 0. The maximum Gasteiger partial charge on any atom is 0.111 e. The fourth-order valence-electron chi connectivity index (χ4n) is 0. The maximum atomic E-state index is 8.20. The number of hydrogen-bond acceptors (Lipinski definition) is 2. The van der Waals surface area contributed by atoms with Crippen LogP contribution < -0.4 is 0 Å². The van der Waals surface area contributed by atoms with Crippen LogP contribution in [0, 0.1) is 0 Å². The summed E-state index contributed by atoms with van der Waals surface area (Å²) < 4.78 is 0. The third kappa shape index (κ3) is 193. The lowest BCUT2D eigenvalue weighted by atomic mass is 11.5. The van der Waals surface area contributed by atoms with E-state index < -0.39 is 5.03 Å². The Hall–Kier alpha value is 0.354. The van der Waals surface area contributed by atoms with Crippen LogP contribution in [0.5, 0.6) is 0 Å². The van der Waals surface area contributed by atoms with Crippen molar-refractivity contribution in [2.45, 2.75) is 5.03 Å². The first-order valence-electron chi connectivity index (χ1n) is 1.45. The lowest BCUT2D eigenvalue weighted by Crippen LogP contribution is -2.27. The molecule has 2 nitrogen and oxygen atoms in total. The Balaban J connectivity index is 3.02. The summed E-state index contributed by atoms with van der Waals surface area (Å²) in [5, 5.41) is 15.2. The molecular formula is CH8O2Si2. The molecule has 0 saturated carbocycles. The SMILES string of the molecule is OC(O)([SiH3])[SiH3]. The molecule has 0 aromatic carbocycles. The van der Waals surface area contributed by atoms with E-state index in [0.717, 1.165) is 0 Å². The number of aliphatic hydroxyl groups is 2. The second kappa shape index (κ2) is 1.21. The molecule has 5 heavy (non-hydrogen) atoms. The van der Waals surface area contributed by atoms with Crippen LogP contribution in [0.3, 0.4) is 0 Å². The molecule has 2 N–H and O–H groups in total. The molecule has 0 aliphatic rings. The fraction of sp³-hybridized carbons (Fsp3) is 1.00. The maximum absolute atomic E-state index is 8.20. The topological polar surface area (TPSA) is 40.5 Å². The monoisotopic (exact) mass is 108 g/mol. The molecule has 4 heteroatoms. The molecule has 0 heterocycles. The second-order valence-electron chi connectivity index (χ2n) is 1.49. The van der Waals surface area contributed by atoms with Gasteiger partial charge >= 0.3 is 0 Å². The highest BCUT2D eigenvalue weighted by molar-refractivity contribution is 6.37. The van der Waals surface area contributed by atoms with E-state index in [-0.39, 0.29) is 0 Å². The van der Waals surface area contributed by atoms with E-state index in [4.69, 9.17) is 10.2 Å². The molecule has 0 radical (unpaired) electrons. The van der Waals surface area contributed by atoms with E-state index in [1.54, 1.807) is 0 Å². The molecule has 0 fully saturated rings. The van der Waals surface area contributed by atoms with Crippen molar-refractivity contribution < 1.29 is 10.2 Å². The van der Waals surface area contributed by atoms with E-state index >= 15 is 0 Å². The number of rotatable bonds is 0. The molecule has 0 saturated heterocycles. The summed E-state index contributed by atoms with van der Waals surface area (Å²) in [5.74, 6) is 0. The minimum absolute atomic E-state index is 0.481. The van der Waals surface area contributed by atoms with E-state index in [2.05, 4.69) is 0 Å². The standard InChI is InChI=1S/CH8O2Si2/c2-1(3,4)5/h2-3H,4-5H3. The third-order valence-electron chi connectivity index (χ3n) is 0. The zero-order valence-corrected chi connectivity index (χ0v) is 7.39. The summed E-state index contributed by atoms with van der Waals surface area (Å²) in [6.07, 6.45) is 0. The van der Waals surface area contributed by atoms with Crippen molar-refractivity contribution in [2.75, 3.05) is 0 Å². The van der Waals surface area contributed by atoms with Gasteiger partial charge in [0.15, 0.2) is 0 Å². The van der Waals surface area contributed by atoms with E-state index in [0.29, 0.717) is 20.5 Å². The van der Waals surface area contributed by atoms with Gasteiger partial charge in [-0.25, -0.2) is 0 Å². The van der Waals surface area contributed by atoms with Gasteiger partial charge in [0.1, 0.15) is 5.03 Å². The van der Waals surface area contributed by atoms with Gasteiger partial charge in [-0.3, -0.25) is 0 Å². The molecular weight excluding hydrogens is 100 g/mol. The Morgan fingerprint density at radius 3 is 1.20 bits per heavy atom. The minimum atomic E-state index is -1.22. The van der Waals surface area contributed by atoms with Crippen molar-refractivity contribution in [2.24, 2.45) is 0 Å². The zero-order valence-electron chi connectivity index (χ0n) is 3.39. The van der Waals surface area contributed by atoms with Gasteiger partial charge in [0.05, 0.1) is 20.5 Å². The lowest BCUT2D eigenvalue weighted by Gasteiger charge is -2.04. The van der Waals surface area contributed by atoms with Gasteiger partial charge in [0.2, 0.25) is 0 Å². The molecule has 0 amide bonds. The predicted molar refractivity (Wildman–Crippen MR) is 27.0 cm³/mol. The van der Waals surface area contributed by atoms with E-state index in [1.165, 1.54) is 0 Å². The summed E-state index contributed by atoms with van der Waals surface area (Å²) in [6.45, 7) is 0. The largest absolute Gasteiger partial charge is 0.375 e. The van der Waals surface area contributed by atoms with Gasteiger partial charge in [-0.05, 0) is 0 Å². The Morgan fingerprint density at radius 1 is 1.20 bits per heavy atom. The highest BCUT2D eigenvalue weighted by Crippen LogP contribution is 1.73. The van der Waals surface area contributed by atoms with Crippen LogP contribution in [0.4, 0.5) is 0 Å². The van der Waals surface area contributed by atoms with Gasteiger partial charge in [0, 0.05) is 0 Å². The third-order valence-corrected chi connectivity index (χ3v) is 0. The zero-order chi connectivity index (χ0) is 4.50. The molecule has 0 aliphatic carbocycles. The lowest BCUT2D eigenvalue weighted by molar-refractivity contribution is -0.0100. The second-order valence-corrected chi connectivity index (χ2v) is 7.28. The van der Waals surface area contributed by atoms with Crippen LogP contribution in [-0.4, -0.2) is 35.7 Å². The molecule has 0 aromatic rings. The normalized spacial score (nSPS) is 13.2. The van der Waals surface area contributed by atoms with Crippen molar-refractivity contribution in [1.29, 1.82) is 0 Å². The smallest absolute Gasteiger partial charge is 0.111 e. The summed E-state index contributed by atoms with van der Waals surface area (Å²) in [7, 11) is 0.961. The molecule has 0 bridgehead atoms. The van der Waals surface area contributed by atoms with Gasteiger partial charge in [-0.2, -0.15) is 0 Å². The molecule has 0 aromatic heterocycles. The molecule has 0 spiro atoms. The van der Waals surface area contributed by atoms with Crippen molar-refractivity contribution >= 4 is 20.5 Å². The Labute approximate surface area is 36.7 Å². The first kappa shape index (κ1) is 5.35. The molecule has 0 unspecified atom stereocenters. The fourth-order valence-corrected chi connectivity index (χ4v) is 0. The summed E-state index contributed by atoms with van der Waals surface area (Å²) in [4.78, 5) is 0. The molecule has 0 aliphatic heterocycles. The Kier molecular flexibility index (Phi) is 1.30. The average molecular weight is 108 g/mol. The van der Waals surface area contributed by atoms with Crippen LogP contribution in [0.15, 0.2) is 0 Å². The summed E-state index contributed by atoms with van der Waals surface area (Å²) >= 11 is 0. The van der Waals surface area contributed by atoms with E-state index in [1.807, 2.05) is 0 Å². The quantitative estimate of drug-likeness (QED) is 0.248. The average Bonchev–Trinajstić information content (AvgIpc) is 0.722. The van der Waals surface area contributed by atoms with Gasteiger partial charge < -0.3 is 10.2 Å². The van der Waals surface area contributed by atoms with Crippen molar-refractivity contribution in [3.8, 4) is 0 Å². The highest BCUT2D eigenvalue weighted by Gasteiger charge is 2.00. The van der Waals surface area contributed by atoms with Crippen LogP contribution in [0.1, 0.15) is 0 Å². The van der Waals surface area contributed by atoms with Crippen LogP contribution >= 0.6 is 0 Å². The van der Waals surface area contributed by atoms with Gasteiger partial charge in [-0.1, -0.05) is 0 Å². The first-order valence-corrected chi connectivity index (χ1v) is 3.45. The molecule has 32 valence electrons. The predicted octanol–water partition coefficient (Wildman–Crippen LogP) is -3.69. The van der Waals surface area contributed by atoms with Crippen LogP contribution in [0.25, 0.3) is 0 Å². The minimum Gasteiger partial charge on any atom is -0.375 e. The van der Waals surface area contributed by atoms with Gasteiger partial charge in [0.25, 0.3) is 0 Å². The van der Waals surface area contributed by atoms with Gasteiger partial charge in [-0.15, -0.1) is 0 Å². The van der Waals surface area contributed by atoms with Crippen molar-refractivity contribution in [3.05, 3.63) is 0 Å². The van der Waals surface area contributed by atoms with Crippen LogP contribution in [-0.2, 0) is 0 Å². The van der Waals surface area contributed by atoms with Crippen LogP contribution in [0.2, 0.25) is 0 Å². The Morgan fingerprint density at radius 2 is 1.20 bits per heavy atom. The van der Waals surface area contributed by atoms with E-state index in [9.17, 15) is 0 Å². The number of hydrogen-bond donors (Lipinski definition) is 2.